The summed E-state index contributed by atoms with van der Waals surface area (Å²) in [4.78, 5) is 0.375. The highest BCUT2D eigenvalue weighted by atomic mass is 32.2. The molecule has 1 aliphatic carbocycles. The lowest BCUT2D eigenvalue weighted by molar-refractivity contribution is 0.438. The van der Waals surface area contributed by atoms with E-state index in [1.54, 1.807) is 24.3 Å². The van der Waals surface area contributed by atoms with Crippen LogP contribution in [0.25, 0.3) is 0 Å². The van der Waals surface area contributed by atoms with Gasteiger partial charge in [0.05, 0.1) is 4.90 Å². The van der Waals surface area contributed by atoms with Crippen molar-refractivity contribution < 1.29 is 13.5 Å². The van der Waals surface area contributed by atoms with Gasteiger partial charge in [-0.3, -0.25) is 0 Å². The van der Waals surface area contributed by atoms with Gasteiger partial charge in [-0.1, -0.05) is 6.08 Å². The van der Waals surface area contributed by atoms with E-state index in [0.29, 0.717) is 10.6 Å². The Kier molecular flexibility index (Phi) is 3.54. The minimum atomic E-state index is -1.93. The average molecular weight is 236 g/mol. The third kappa shape index (κ3) is 2.81. The highest BCUT2D eigenvalue weighted by molar-refractivity contribution is 7.79. The van der Waals surface area contributed by atoms with Gasteiger partial charge in [-0.05, 0) is 49.3 Å². The summed E-state index contributed by atoms with van der Waals surface area (Å²) in [5.41, 5.74) is 0. The molecule has 0 aliphatic heterocycles. The molecule has 1 aromatic rings. The molecule has 0 saturated heterocycles. The standard InChI is InChI=1S/C12H12O3S/c13-16(14)12-8-6-11(7-9-12)15-10-4-2-1-3-5-10/h2,4-9H,1,3H2,(H,13,14). The van der Waals surface area contributed by atoms with Gasteiger partial charge in [-0.25, -0.2) is 4.21 Å². The van der Waals surface area contributed by atoms with Gasteiger partial charge in [0.1, 0.15) is 11.5 Å². The molecule has 0 aromatic heterocycles. The van der Waals surface area contributed by atoms with Crippen molar-refractivity contribution in [2.45, 2.75) is 17.7 Å². The molecule has 0 amide bonds. The molecule has 0 radical (unpaired) electrons. The van der Waals surface area contributed by atoms with Crippen LogP contribution >= 0.6 is 0 Å². The number of ether oxygens (including phenoxy) is 1. The predicted octanol–water partition coefficient (Wildman–Crippen LogP) is 2.88. The maximum Gasteiger partial charge on any atom is 0.186 e. The lowest BCUT2D eigenvalue weighted by atomic mass is 10.2. The van der Waals surface area contributed by atoms with Crippen LogP contribution < -0.4 is 4.74 Å². The van der Waals surface area contributed by atoms with Crippen LogP contribution in [0.2, 0.25) is 0 Å². The molecule has 1 unspecified atom stereocenters. The van der Waals surface area contributed by atoms with Crippen molar-refractivity contribution in [1.29, 1.82) is 0 Å². The number of hydrogen-bond donors (Lipinski definition) is 1. The first-order valence-corrected chi connectivity index (χ1v) is 6.12. The topological polar surface area (TPSA) is 46.5 Å². The van der Waals surface area contributed by atoms with Gasteiger partial charge >= 0.3 is 0 Å². The van der Waals surface area contributed by atoms with E-state index in [2.05, 4.69) is 6.08 Å². The minimum Gasteiger partial charge on any atom is -0.458 e. The molecule has 1 aromatic carbocycles. The van der Waals surface area contributed by atoms with Crippen LogP contribution in [0.1, 0.15) is 12.8 Å². The van der Waals surface area contributed by atoms with Gasteiger partial charge in [-0.15, -0.1) is 0 Å². The van der Waals surface area contributed by atoms with Crippen molar-refractivity contribution in [3.8, 4) is 5.75 Å². The Bertz CT molecular complexity index is 446. The number of allylic oxidation sites excluding steroid dienone is 3. The first kappa shape index (κ1) is 11.1. The minimum absolute atomic E-state index is 0.375. The predicted molar refractivity (Wildman–Crippen MR) is 62.6 cm³/mol. The third-order valence-electron chi connectivity index (χ3n) is 2.22. The average Bonchev–Trinajstić information content (AvgIpc) is 2.31. The first-order valence-electron chi connectivity index (χ1n) is 5.01. The van der Waals surface area contributed by atoms with Crippen molar-refractivity contribution >= 4 is 11.1 Å². The normalized spacial score (nSPS) is 16.7. The second-order valence-corrected chi connectivity index (χ2v) is 4.38. The molecule has 0 spiro atoms. The molecule has 3 nitrogen and oxygen atoms in total. The highest BCUT2D eigenvalue weighted by Crippen LogP contribution is 2.19. The van der Waals surface area contributed by atoms with E-state index in [0.717, 1.165) is 18.6 Å². The molecule has 16 heavy (non-hydrogen) atoms. The van der Waals surface area contributed by atoms with Gasteiger partial charge in [0.15, 0.2) is 11.1 Å². The molecule has 1 aliphatic rings. The molecular weight excluding hydrogens is 224 g/mol. The van der Waals surface area contributed by atoms with Crippen molar-refractivity contribution in [3.63, 3.8) is 0 Å². The molecule has 0 heterocycles. The van der Waals surface area contributed by atoms with Gasteiger partial charge in [0.2, 0.25) is 0 Å². The van der Waals surface area contributed by atoms with E-state index in [1.165, 1.54) is 0 Å². The fourth-order valence-electron chi connectivity index (χ4n) is 1.43. The summed E-state index contributed by atoms with van der Waals surface area (Å²) in [6.45, 7) is 0. The lowest BCUT2D eigenvalue weighted by Crippen LogP contribution is -1.95. The van der Waals surface area contributed by atoms with E-state index in [-0.39, 0.29) is 0 Å². The molecule has 2 rings (SSSR count). The molecule has 84 valence electrons. The van der Waals surface area contributed by atoms with E-state index >= 15 is 0 Å². The quantitative estimate of drug-likeness (QED) is 0.821. The zero-order valence-corrected chi connectivity index (χ0v) is 9.44. The number of benzene rings is 1. The second-order valence-electron chi connectivity index (χ2n) is 3.41. The fourth-order valence-corrected chi connectivity index (χ4v) is 1.79. The molecule has 1 N–H and O–H groups in total. The maximum absolute atomic E-state index is 10.7. The Balaban J connectivity index is 2.08. The van der Waals surface area contributed by atoms with Gasteiger partial charge in [0, 0.05) is 0 Å². The Morgan fingerprint density at radius 2 is 1.94 bits per heavy atom. The fraction of sp³-hybridized carbons (Fsp3) is 0.167. The Labute approximate surface area is 96.7 Å². The zero-order chi connectivity index (χ0) is 11.4. The Morgan fingerprint density at radius 1 is 1.19 bits per heavy atom. The zero-order valence-electron chi connectivity index (χ0n) is 8.63. The highest BCUT2D eigenvalue weighted by Gasteiger charge is 2.02. The lowest BCUT2D eigenvalue weighted by Gasteiger charge is -2.09. The second kappa shape index (κ2) is 5.09. The monoisotopic (exact) mass is 236 g/mol. The first-order chi connectivity index (χ1) is 7.75. The smallest absolute Gasteiger partial charge is 0.186 e. The molecule has 0 bridgehead atoms. The Hall–Kier alpha value is -1.39. The van der Waals surface area contributed by atoms with Crippen molar-refractivity contribution in [3.05, 3.63) is 48.3 Å². The van der Waals surface area contributed by atoms with Crippen LogP contribution in [0, 0.1) is 0 Å². The summed E-state index contributed by atoms with van der Waals surface area (Å²) in [7, 11) is 0. The van der Waals surface area contributed by atoms with Gasteiger partial charge < -0.3 is 9.29 Å². The molecule has 4 heteroatoms. The van der Waals surface area contributed by atoms with Crippen molar-refractivity contribution in [1.82, 2.24) is 0 Å². The molecule has 0 saturated carbocycles. The Morgan fingerprint density at radius 3 is 2.50 bits per heavy atom. The summed E-state index contributed by atoms with van der Waals surface area (Å²) in [5, 5.41) is 0. The van der Waals surface area contributed by atoms with E-state index in [4.69, 9.17) is 9.29 Å². The molecular formula is C12H12O3S. The summed E-state index contributed by atoms with van der Waals surface area (Å²) < 4.78 is 25.2. The third-order valence-corrected chi connectivity index (χ3v) is 2.90. The number of rotatable bonds is 3. The van der Waals surface area contributed by atoms with Gasteiger partial charge in [0.25, 0.3) is 0 Å². The van der Waals surface area contributed by atoms with Crippen LogP contribution in [-0.4, -0.2) is 8.76 Å². The number of hydrogen-bond acceptors (Lipinski definition) is 2. The van der Waals surface area contributed by atoms with Crippen molar-refractivity contribution in [2.75, 3.05) is 0 Å². The summed E-state index contributed by atoms with van der Waals surface area (Å²) in [5.74, 6) is 1.50. The molecule has 1 atom stereocenters. The van der Waals surface area contributed by atoms with Crippen molar-refractivity contribution in [2.24, 2.45) is 0 Å². The summed E-state index contributed by atoms with van der Waals surface area (Å²) in [6.07, 6.45) is 8.06. The van der Waals surface area contributed by atoms with Crippen LogP contribution in [0.15, 0.2) is 53.1 Å². The maximum atomic E-state index is 10.7. The van der Waals surface area contributed by atoms with Crippen LogP contribution in [0.4, 0.5) is 0 Å². The van der Waals surface area contributed by atoms with Crippen LogP contribution in [0.3, 0.4) is 0 Å². The van der Waals surface area contributed by atoms with Gasteiger partial charge in [-0.2, -0.15) is 0 Å². The molecule has 0 fully saturated rings. The van der Waals surface area contributed by atoms with E-state index in [1.807, 2.05) is 12.2 Å². The SMILES string of the molecule is O=S(O)c1ccc(OC2=CCCC=C2)cc1. The van der Waals surface area contributed by atoms with E-state index < -0.39 is 11.1 Å². The van der Waals surface area contributed by atoms with E-state index in [9.17, 15) is 4.21 Å². The van der Waals surface area contributed by atoms with Crippen LogP contribution in [0.5, 0.6) is 5.75 Å². The summed E-state index contributed by atoms with van der Waals surface area (Å²) >= 11 is -1.93. The largest absolute Gasteiger partial charge is 0.458 e. The summed E-state index contributed by atoms with van der Waals surface area (Å²) in [6, 6.07) is 6.54. The van der Waals surface area contributed by atoms with Crippen LogP contribution in [-0.2, 0) is 11.1 Å².